The molecule has 1 N–H and O–H groups in total. The molecule has 0 saturated heterocycles. The molecule has 0 spiro atoms. The van der Waals surface area contributed by atoms with Crippen molar-refractivity contribution in [1.29, 1.82) is 0 Å². The number of terminal acetylenes is 1. The summed E-state index contributed by atoms with van der Waals surface area (Å²) in [4.78, 5) is 21.8. The fraction of sp³-hybridized carbons (Fsp3) is 0.364. The normalized spacial score (nSPS) is 9.65. The van der Waals surface area contributed by atoms with Gasteiger partial charge in [-0.3, -0.25) is 14.9 Å². The minimum Gasteiger partial charge on any atom is -0.340 e. The molecule has 0 aromatic carbocycles. The van der Waals surface area contributed by atoms with Crippen LogP contribution in [0.2, 0.25) is 0 Å². The summed E-state index contributed by atoms with van der Waals surface area (Å²) in [6.45, 7) is 2.57. The van der Waals surface area contributed by atoms with Crippen LogP contribution in [0.3, 0.4) is 0 Å². The Morgan fingerprint density at radius 3 is 2.94 bits per heavy atom. The minimum atomic E-state index is -0.524. The lowest BCUT2D eigenvalue weighted by atomic mass is 10.3. The minimum absolute atomic E-state index is 0.0932. The molecule has 17 heavy (non-hydrogen) atoms. The van der Waals surface area contributed by atoms with Gasteiger partial charge in [0.25, 0.3) is 11.6 Å². The van der Waals surface area contributed by atoms with E-state index < -0.39 is 10.8 Å². The Hall–Kier alpha value is -2.29. The van der Waals surface area contributed by atoms with Crippen molar-refractivity contribution < 1.29 is 9.72 Å². The second-order valence-corrected chi connectivity index (χ2v) is 3.42. The molecule has 0 atom stereocenters. The summed E-state index contributed by atoms with van der Waals surface area (Å²) < 4.78 is 1.56. The summed E-state index contributed by atoms with van der Waals surface area (Å²) in [7, 11) is 0. The number of aryl methyl sites for hydroxylation is 1. The van der Waals surface area contributed by atoms with Crippen LogP contribution >= 0.6 is 0 Å². The van der Waals surface area contributed by atoms with E-state index in [2.05, 4.69) is 11.2 Å². The maximum absolute atomic E-state index is 11.7. The summed E-state index contributed by atoms with van der Waals surface area (Å²) in [6, 6.07) is 1.25. The van der Waals surface area contributed by atoms with Crippen LogP contribution in [0.4, 0.5) is 5.69 Å². The van der Waals surface area contributed by atoms with Gasteiger partial charge < -0.3 is 9.88 Å². The molecule has 0 aliphatic heterocycles. The summed E-state index contributed by atoms with van der Waals surface area (Å²) in [6.07, 6.45) is 7.16. The Bertz CT molecular complexity index is 471. The SMILES string of the molecule is C#CCNC(=O)c1cc([N+](=O)[O-])cn1CCC. The number of carbonyl (C=O) groups excluding carboxylic acids is 1. The second kappa shape index (κ2) is 5.70. The van der Waals surface area contributed by atoms with E-state index in [0.717, 1.165) is 6.42 Å². The van der Waals surface area contributed by atoms with Gasteiger partial charge in [-0.25, -0.2) is 0 Å². The van der Waals surface area contributed by atoms with Crippen molar-refractivity contribution in [3.63, 3.8) is 0 Å². The molecule has 0 radical (unpaired) electrons. The molecule has 0 unspecified atom stereocenters. The number of amides is 1. The lowest BCUT2D eigenvalue weighted by Gasteiger charge is -2.05. The molecule has 6 heteroatoms. The summed E-state index contributed by atoms with van der Waals surface area (Å²) in [5.41, 5.74) is 0.165. The fourth-order valence-electron chi connectivity index (χ4n) is 1.43. The van der Waals surface area contributed by atoms with E-state index >= 15 is 0 Å². The molecule has 6 nitrogen and oxygen atoms in total. The van der Waals surface area contributed by atoms with Crippen molar-refractivity contribution in [2.24, 2.45) is 0 Å². The maximum atomic E-state index is 11.7. The zero-order valence-electron chi connectivity index (χ0n) is 9.47. The van der Waals surface area contributed by atoms with E-state index in [1.807, 2.05) is 6.92 Å². The third-order valence-corrected chi connectivity index (χ3v) is 2.14. The largest absolute Gasteiger partial charge is 0.340 e. The smallest absolute Gasteiger partial charge is 0.287 e. The second-order valence-electron chi connectivity index (χ2n) is 3.42. The van der Waals surface area contributed by atoms with Crippen molar-refractivity contribution in [3.8, 4) is 12.3 Å². The number of carbonyl (C=O) groups is 1. The van der Waals surface area contributed by atoms with Crippen LogP contribution in [-0.4, -0.2) is 21.9 Å². The molecule has 90 valence electrons. The monoisotopic (exact) mass is 235 g/mol. The molecule has 1 amide bonds. The number of hydrogen-bond donors (Lipinski definition) is 1. The quantitative estimate of drug-likeness (QED) is 0.472. The van der Waals surface area contributed by atoms with Crippen LogP contribution in [0.15, 0.2) is 12.3 Å². The highest BCUT2D eigenvalue weighted by Gasteiger charge is 2.18. The average molecular weight is 235 g/mol. The number of nitrogens with zero attached hydrogens (tertiary/aromatic N) is 2. The first-order valence-corrected chi connectivity index (χ1v) is 5.16. The highest BCUT2D eigenvalue weighted by Crippen LogP contribution is 2.16. The van der Waals surface area contributed by atoms with Gasteiger partial charge in [0.05, 0.1) is 17.7 Å². The number of nitro groups is 1. The van der Waals surface area contributed by atoms with Gasteiger partial charge in [0.2, 0.25) is 0 Å². The Balaban J connectivity index is 2.99. The number of nitrogens with one attached hydrogen (secondary N) is 1. The first-order valence-electron chi connectivity index (χ1n) is 5.16. The van der Waals surface area contributed by atoms with Gasteiger partial charge in [0, 0.05) is 12.6 Å². The van der Waals surface area contributed by atoms with Gasteiger partial charge >= 0.3 is 0 Å². The fourth-order valence-corrected chi connectivity index (χ4v) is 1.43. The molecular formula is C11H13N3O3. The van der Waals surface area contributed by atoms with Gasteiger partial charge in [-0.15, -0.1) is 6.42 Å². The van der Waals surface area contributed by atoms with Gasteiger partial charge in [0.1, 0.15) is 5.69 Å². The first kappa shape index (κ1) is 12.8. The summed E-state index contributed by atoms with van der Waals surface area (Å²) in [5.74, 6) is 1.88. The van der Waals surface area contributed by atoms with Crippen LogP contribution in [0.5, 0.6) is 0 Å². The third-order valence-electron chi connectivity index (χ3n) is 2.14. The average Bonchev–Trinajstić information content (AvgIpc) is 2.70. The summed E-state index contributed by atoms with van der Waals surface area (Å²) >= 11 is 0. The van der Waals surface area contributed by atoms with Gasteiger partial charge in [-0.1, -0.05) is 12.8 Å². The van der Waals surface area contributed by atoms with Crippen molar-refractivity contribution in [2.75, 3.05) is 6.54 Å². The Morgan fingerprint density at radius 2 is 2.41 bits per heavy atom. The van der Waals surface area contributed by atoms with Crippen LogP contribution in [0.1, 0.15) is 23.8 Å². The Labute approximate surface area is 98.8 Å². The molecule has 0 saturated carbocycles. The van der Waals surface area contributed by atoms with E-state index in [9.17, 15) is 14.9 Å². The number of rotatable bonds is 5. The molecule has 1 aromatic rings. The number of aromatic nitrogens is 1. The van der Waals surface area contributed by atoms with Crippen molar-refractivity contribution >= 4 is 11.6 Å². The predicted octanol–water partition coefficient (Wildman–Crippen LogP) is 1.17. The molecule has 0 fully saturated rings. The van der Waals surface area contributed by atoms with Gasteiger partial charge in [-0.05, 0) is 6.42 Å². The van der Waals surface area contributed by atoms with E-state index in [1.54, 1.807) is 4.57 Å². The topological polar surface area (TPSA) is 77.2 Å². The lowest BCUT2D eigenvalue weighted by Crippen LogP contribution is -2.26. The van der Waals surface area contributed by atoms with Gasteiger partial charge in [0.15, 0.2) is 0 Å². The molecule has 0 aliphatic carbocycles. The molecule has 1 heterocycles. The highest BCUT2D eigenvalue weighted by atomic mass is 16.6. The zero-order valence-corrected chi connectivity index (χ0v) is 9.47. The number of hydrogen-bond acceptors (Lipinski definition) is 3. The molecule has 1 rings (SSSR count). The van der Waals surface area contributed by atoms with Crippen molar-refractivity contribution in [1.82, 2.24) is 9.88 Å². The lowest BCUT2D eigenvalue weighted by molar-refractivity contribution is -0.384. The van der Waals surface area contributed by atoms with Crippen LogP contribution in [0, 0.1) is 22.5 Å². The molecular weight excluding hydrogens is 222 g/mol. The van der Waals surface area contributed by atoms with E-state index in [-0.39, 0.29) is 17.9 Å². The highest BCUT2D eigenvalue weighted by molar-refractivity contribution is 5.93. The van der Waals surface area contributed by atoms with E-state index in [1.165, 1.54) is 12.3 Å². The van der Waals surface area contributed by atoms with Gasteiger partial charge in [-0.2, -0.15) is 0 Å². The molecule has 0 aliphatic rings. The van der Waals surface area contributed by atoms with Crippen LogP contribution in [-0.2, 0) is 6.54 Å². The maximum Gasteiger partial charge on any atom is 0.287 e. The van der Waals surface area contributed by atoms with Crippen molar-refractivity contribution in [3.05, 3.63) is 28.1 Å². The Morgan fingerprint density at radius 1 is 1.71 bits per heavy atom. The van der Waals surface area contributed by atoms with E-state index in [0.29, 0.717) is 6.54 Å². The first-order chi connectivity index (χ1) is 8.10. The predicted molar refractivity (Wildman–Crippen MR) is 62.5 cm³/mol. The summed E-state index contributed by atoms with van der Waals surface area (Å²) in [5, 5.41) is 13.1. The van der Waals surface area contributed by atoms with Crippen LogP contribution < -0.4 is 5.32 Å². The molecule has 1 aromatic heterocycles. The van der Waals surface area contributed by atoms with Crippen LogP contribution in [0.25, 0.3) is 0 Å². The third kappa shape index (κ3) is 3.08. The van der Waals surface area contributed by atoms with E-state index in [4.69, 9.17) is 6.42 Å². The zero-order chi connectivity index (χ0) is 12.8. The van der Waals surface area contributed by atoms with Crippen molar-refractivity contribution in [2.45, 2.75) is 19.9 Å². The molecule has 0 bridgehead atoms. The standard InChI is InChI=1S/C11H13N3O3/c1-3-5-12-11(15)10-7-9(14(16)17)8-13(10)6-4-2/h1,7-8H,4-6H2,2H3,(H,12,15). The Kier molecular flexibility index (Phi) is 4.29.